The predicted octanol–water partition coefficient (Wildman–Crippen LogP) is 8.92. The molecule has 0 aliphatic heterocycles. The van der Waals surface area contributed by atoms with Gasteiger partial charge in [0, 0.05) is 70.2 Å². The van der Waals surface area contributed by atoms with E-state index < -0.39 is 0 Å². The lowest BCUT2D eigenvalue weighted by Crippen LogP contribution is -2.33. The Morgan fingerprint density at radius 3 is 0.421 bits per heavy atom. The van der Waals surface area contributed by atoms with Crippen molar-refractivity contribution in [2.45, 2.75) is 135 Å². The first kappa shape index (κ1) is 60.6. The molecule has 0 N–H and O–H groups in total. The Morgan fingerprint density at radius 2 is 0.421 bits per heavy atom. The fourth-order valence-electron chi connectivity index (χ4n) is 0.400. The van der Waals surface area contributed by atoms with Crippen molar-refractivity contribution in [3.8, 4) is 0 Å². The number of carbonyl (C=O) groups excluding carboxylic acids is 3. The van der Waals surface area contributed by atoms with Crippen LogP contribution in [0.25, 0.3) is 0 Å². The van der Waals surface area contributed by atoms with Gasteiger partial charge in [-0.3, -0.25) is 9.59 Å². The Balaban J connectivity index is -0.0000000368. The number of hydrogen-bond donors (Lipinski definition) is 0. The maximum absolute atomic E-state index is 10.7. The van der Waals surface area contributed by atoms with Crippen molar-refractivity contribution in [1.29, 1.82) is 0 Å². The molecule has 0 saturated heterocycles. The van der Waals surface area contributed by atoms with E-state index in [0.717, 1.165) is 0 Å². The third-order valence-corrected chi connectivity index (χ3v) is 2.02. The minimum absolute atomic E-state index is 0.0185. The highest BCUT2D eigenvalue weighted by atomic mass is 16.2. The van der Waals surface area contributed by atoms with Gasteiger partial charge in [-0.2, -0.15) is 0 Å². The second-order valence-electron chi connectivity index (χ2n) is 9.14. The third kappa shape index (κ3) is 187. The maximum Gasteiger partial charge on any atom is 0.318 e. The summed E-state index contributed by atoms with van der Waals surface area (Å²) >= 11 is 0. The highest BCUT2D eigenvalue weighted by Gasteiger charge is 2.02. The molecule has 0 bridgehead atoms. The van der Waals surface area contributed by atoms with Gasteiger partial charge in [-0.1, -0.05) is 122 Å². The molecule has 4 amide bonds. The number of amides is 4. The first-order chi connectivity index (χ1) is 17.3. The van der Waals surface area contributed by atoms with Crippen molar-refractivity contribution >= 4 is 17.8 Å². The van der Waals surface area contributed by atoms with Crippen LogP contribution in [-0.4, -0.2) is 93.8 Å². The van der Waals surface area contributed by atoms with Crippen LogP contribution in [0.3, 0.4) is 0 Å². The average molecular weight is 555 g/mol. The molecule has 0 rings (SSSR count). The number of hydrogen-bond acceptors (Lipinski definition) is 3. The molecule has 0 radical (unpaired) electrons. The number of urea groups is 1. The van der Waals surface area contributed by atoms with E-state index in [1.165, 1.54) is 72.0 Å². The number of nitrogens with zero attached hydrogens (tertiary/aromatic N) is 4. The smallest absolute Gasteiger partial charge is 0.318 e. The fourth-order valence-corrected chi connectivity index (χ4v) is 0.400. The van der Waals surface area contributed by atoms with E-state index in [1.54, 1.807) is 56.4 Å². The summed E-state index contributed by atoms with van der Waals surface area (Å²) in [6, 6.07) is 0.0185. The molecule has 240 valence electrons. The first-order valence-electron chi connectivity index (χ1n) is 14.6. The van der Waals surface area contributed by atoms with Gasteiger partial charge >= 0.3 is 6.03 Å². The highest BCUT2D eigenvalue weighted by Crippen LogP contribution is 1.83. The van der Waals surface area contributed by atoms with E-state index in [2.05, 4.69) is 83.1 Å². The Bertz CT molecular complexity index is 342. The van der Waals surface area contributed by atoms with Crippen molar-refractivity contribution in [3.63, 3.8) is 0 Å². The molecule has 0 aromatic heterocycles. The number of rotatable bonds is 0. The van der Waals surface area contributed by atoms with Gasteiger partial charge in [-0.15, -0.1) is 0 Å². The van der Waals surface area contributed by atoms with Crippen LogP contribution < -0.4 is 0 Å². The molecule has 38 heavy (non-hydrogen) atoms. The monoisotopic (exact) mass is 555 g/mol. The zero-order valence-corrected chi connectivity index (χ0v) is 30.8. The second kappa shape index (κ2) is 64.8. The van der Waals surface area contributed by atoms with Crippen molar-refractivity contribution < 1.29 is 14.4 Å². The number of carbonyl (C=O) groups is 3. The molecule has 7 heteroatoms. The Morgan fingerprint density at radius 1 is 0.342 bits per heavy atom. The van der Waals surface area contributed by atoms with Gasteiger partial charge < -0.3 is 19.6 Å². The van der Waals surface area contributed by atoms with Gasteiger partial charge in [-0.25, -0.2) is 4.79 Å². The van der Waals surface area contributed by atoms with Crippen LogP contribution >= 0.6 is 0 Å². The van der Waals surface area contributed by atoms with E-state index in [-0.39, 0.29) is 17.8 Å². The normalized spacial score (nSPS) is 7.11. The molecular formula is C31H78N4O3. The van der Waals surface area contributed by atoms with E-state index in [0.29, 0.717) is 0 Å². The van der Waals surface area contributed by atoms with Gasteiger partial charge in [0.1, 0.15) is 0 Å². The summed E-state index contributed by atoms with van der Waals surface area (Å²) in [5.41, 5.74) is 0. The molecule has 0 heterocycles. The maximum atomic E-state index is 10.7. The van der Waals surface area contributed by atoms with E-state index in [1.807, 2.05) is 0 Å². The van der Waals surface area contributed by atoms with Gasteiger partial charge in [0.05, 0.1) is 0 Å². The largest absolute Gasteiger partial charge is 0.349 e. The topological polar surface area (TPSA) is 64.2 Å². The summed E-state index contributed by atoms with van der Waals surface area (Å²) in [5.74, 6) is 0.185. The molecule has 0 fully saturated rings. The predicted molar refractivity (Wildman–Crippen MR) is 177 cm³/mol. The lowest BCUT2D eigenvalue weighted by molar-refractivity contribution is -0.127. The van der Waals surface area contributed by atoms with Crippen molar-refractivity contribution in [1.82, 2.24) is 19.6 Å². The van der Waals surface area contributed by atoms with Crippen LogP contribution in [0.5, 0.6) is 0 Å². The fraction of sp³-hybridized carbons (Fsp3) is 0.903. The molecule has 0 aliphatic rings. The van der Waals surface area contributed by atoms with Gasteiger partial charge in [-0.05, 0) is 0 Å². The molecule has 0 aromatic carbocycles. The summed E-state index contributed by atoms with van der Waals surface area (Å²) in [5, 5.41) is 0. The zero-order valence-electron chi connectivity index (χ0n) is 30.8. The Hall–Kier alpha value is -1.79. The summed E-state index contributed by atoms with van der Waals surface area (Å²) in [6.07, 6.45) is 7.50. The SMILES string of the molecule is CC(=O)N(C)C.CC(=O)N(C)C.CCC.CCC.CCC.CCC.CCC.CCC.CN(C)C(=O)N(C)C. The van der Waals surface area contributed by atoms with Crippen LogP contribution in [0.1, 0.15) is 135 Å². The molecule has 0 atom stereocenters. The van der Waals surface area contributed by atoms with Crippen molar-refractivity contribution in [2.24, 2.45) is 0 Å². The molecule has 0 saturated carbocycles. The molecule has 0 aliphatic carbocycles. The van der Waals surface area contributed by atoms with E-state index in [4.69, 9.17) is 0 Å². The van der Waals surface area contributed by atoms with Crippen LogP contribution in [0.2, 0.25) is 0 Å². The minimum atomic E-state index is 0.0185. The average Bonchev–Trinajstić information content (AvgIpc) is 2.77. The third-order valence-electron chi connectivity index (χ3n) is 2.02. The van der Waals surface area contributed by atoms with Gasteiger partial charge in [0.25, 0.3) is 0 Å². The Kier molecular flexibility index (Phi) is 103. The summed E-state index contributed by atoms with van der Waals surface area (Å²) in [7, 11) is 13.8. The molecule has 7 nitrogen and oxygen atoms in total. The molecule has 0 spiro atoms. The summed E-state index contributed by atoms with van der Waals surface area (Å²) < 4.78 is 0. The van der Waals surface area contributed by atoms with Crippen molar-refractivity contribution in [2.75, 3.05) is 56.4 Å². The first-order valence-corrected chi connectivity index (χ1v) is 14.6. The summed E-state index contributed by atoms with van der Waals surface area (Å²) in [6.45, 7) is 28.6. The standard InChI is InChI=1S/C5H12N2O.2C4H9NO.6C3H8/c1-6(2)5(8)7(3)4;2*1-4(6)5(2)3;6*1-3-2/h1-4H3;2*1-3H3;6*3H2,1-2H3. The lowest BCUT2D eigenvalue weighted by Gasteiger charge is -2.16. The second-order valence-corrected chi connectivity index (χ2v) is 9.14. The highest BCUT2D eigenvalue weighted by molar-refractivity contribution is 5.73. The summed E-state index contributed by atoms with van der Waals surface area (Å²) in [4.78, 5) is 36.9. The lowest BCUT2D eigenvalue weighted by atomic mass is 10.6. The van der Waals surface area contributed by atoms with Crippen LogP contribution in [-0.2, 0) is 9.59 Å². The molecule has 0 unspecified atom stereocenters. The molecule has 0 aromatic rings. The molecular weight excluding hydrogens is 476 g/mol. The van der Waals surface area contributed by atoms with E-state index in [9.17, 15) is 14.4 Å². The minimum Gasteiger partial charge on any atom is -0.349 e. The Labute approximate surface area is 243 Å². The zero-order chi connectivity index (χ0) is 33.3. The quantitative estimate of drug-likeness (QED) is 0.300. The van der Waals surface area contributed by atoms with Crippen LogP contribution in [0, 0.1) is 0 Å². The van der Waals surface area contributed by atoms with Crippen molar-refractivity contribution in [3.05, 3.63) is 0 Å². The van der Waals surface area contributed by atoms with E-state index >= 15 is 0 Å². The van der Waals surface area contributed by atoms with Gasteiger partial charge in [0.2, 0.25) is 11.8 Å². The van der Waals surface area contributed by atoms with Gasteiger partial charge in [0.15, 0.2) is 0 Å². The van der Waals surface area contributed by atoms with Crippen LogP contribution in [0.15, 0.2) is 0 Å². The van der Waals surface area contributed by atoms with Crippen LogP contribution in [0.4, 0.5) is 4.79 Å².